The van der Waals surface area contributed by atoms with Crippen LogP contribution in [0.5, 0.6) is 0 Å². The van der Waals surface area contributed by atoms with E-state index in [-0.39, 0.29) is 24.6 Å². The van der Waals surface area contributed by atoms with Crippen molar-refractivity contribution in [1.82, 2.24) is 8.87 Å². The molecule has 7 heteroatoms. The number of aryl methyl sites for hydroxylation is 1. The van der Waals surface area contributed by atoms with E-state index in [1.54, 1.807) is 17.8 Å². The molecule has 1 aromatic rings. The maximum Gasteiger partial charge on any atom is 0.244 e. The minimum absolute atomic E-state index is 0.0700. The Hall–Kier alpha value is -0.890. The summed E-state index contributed by atoms with van der Waals surface area (Å²) in [6, 6.07) is 1.53. The summed E-state index contributed by atoms with van der Waals surface area (Å²) in [5, 5.41) is 8.90. The third-order valence-electron chi connectivity index (χ3n) is 2.34. The van der Waals surface area contributed by atoms with Gasteiger partial charge < -0.3 is 14.4 Å². The lowest BCUT2D eigenvalue weighted by molar-refractivity contribution is 0.168. The molecule has 0 aromatic carbocycles. The van der Waals surface area contributed by atoms with Gasteiger partial charge in [-0.05, 0) is 6.07 Å². The standard InChI is InChI=1S/C10H18N2O4S/c1-11-4-3-10(9-11)17(14,15)12(5-7-13)6-8-16-2/h3-4,9,13H,5-8H2,1-2H3. The molecule has 0 radical (unpaired) electrons. The first-order valence-corrected chi connectivity index (χ1v) is 6.68. The van der Waals surface area contributed by atoms with Gasteiger partial charge in [0.05, 0.1) is 18.1 Å². The van der Waals surface area contributed by atoms with Gasteiger partial charge in [0.15, 0.2) is 0 Å². The van der Waals surface area contributed by atoms with Gasteiger partial charge in [-0.1, -0.05) is 0 Å². The maximum atomic E-state index is 12.2. The van der Waals surface area contributed by atoms with Gasteiger partial charge in [0.1, 0.15) is 0 Å². The van der Waals surface area contributed by atoms with Crippen molar-refractivity contribution in [2.24, 2.45) is 7.05 Å². The molecule has 1 aromatic heterocycles. The van der Waals surface area contributed by atoms with Crippen LogP contribution >= 0.6 is 0 Å². The van der Waals surface area contributed by atoms with Crippen molar-refractivity contribution < 1.29 is 18.3 Å². The topological polar surface area (TPSA) is 71.8 Å². The number of aromatic nitrogens is 1. The number of hydrogen-bond acceptors (Lipinski definition) is 4. The van der Waals surface area contributed by atoms with Gasteiger partial charge in [-0.3, -0.25) is 0 Å². The molecule has 0 aliphatic carbocycles. The molecule has 0 aliphatic heterocycles. The zero-order chi connectivity index (χ0) is 12.9. The number of sulfonamides is 1. The number of rotatable bonds is 7. The Morgan fingerprint density at radius 3 is 2.65 bits per heavy atom. The first kappa shape index (κ1) is 14.2. The molecule has 17 heavy (non-hydrogen) atoms. The Balaban J connectivity index is 2.91. The highest BCUT2D eigenvalue weighted by molar-refractivity contribution is 7.89. The Morgan fingerprint density at radius 1 is 1.47 bits per heavy atom. The minimum Gasteiger partial charge on any atom is -0.395 e. The molecule has 0 aliphatic rings. The lowest BCUT2D eigenvalue weighted by Gasteiger charge is -2.20. The molecule has 1 heterocycles. The van der Waals surface area contributed by atoms with Crippen molar-refractivity contribution in [3.63, 3.8) is 0 Å². The fourth-order valence-electron chi connectivity index (χ4n) is 1.44. The molecule has 6 nitrogen and oxygen atoms in total. The highest BCUT2D eigenvalue weighted by Crippen LogP contribution is 2.15. The fourth-order valence-corrected chi connectivity index (χ4v) is 2.90. The van der Waals surface area contributed by atoms with Gasteiger partial charge in [-0.2, -0.15) is 4.31 Å². The molecule has 0 spiro atoms. The summed E-state index contributed by atoms with van der Waals surface area (Å²) >= 11 is 0. The van der Waals surface area contributed by atoms with Gasteiger partial charge in [-0.15, -0.1) is 0 Å². The van der Waals surface area contributed by atoms with Crippen LogP contribution in [-0.4, -0.2) is 55.8 Å². The van der Waals surface area contributed by atoms with Gasteiger partial charge in [0.2, 0.25) is 10.0 Å². The van der Waals surface area contributed by atoms with E-state index in [0.717, 1.165) is 0 Å². The number of hydrogen-bond donors (Lipinski definition) is 1. The highest BCUT2D eigenvalue weighted by atomic mass is 32.2. The van der Waals surface area contributed by atoms with E-state index in [1.807, 2.05) is 0 Å². The summed E-state index contributed by atoms with van der Waals surface area (Å²) in [5.41, 5.74) is 0. The van der Waals surface area contributed by atoms with Crippen LogP contribution in [0.15, 0.2) is 23.4 Å². The molecular formula is C10H18N2O4S. The average Bonchev–Trinajstić information content (AvgIpc) is 2.71. The van der Waals surface area contributed by atoms with E-state index in [1.165, 1.54) is 23.7 Å². The van der Waals surface area contributed by atoms with Crippen molar-refractivity contribution in [1.29, 1.82) is 0 Å². The van der Waals surface area contributed by atoms with Crippen LogP contribution in [0.1, 0.15) is 0 Å². The quantitative estimate of drug-likeness (QED) is 0.729. The largest absolute Gasteiger partial charge is 0.395 e. The molecule has 1 N–H and O–H groups in total. The predicted molar refractivity (Wildman–Crippen MR) is 63.1 cm³/mol. The molecule has 0 saturated heterocycles. The summed E-state index contributed by atoms with van der Waals surface area (Å²) < 4.78 is 32.1. The molecular weight excluding hydrogens is 244 g/mol. The van der Waals surface area contributed by atoms with Gasteiger partial charge in [-0.25, -0.2) is 8.42 Å². The number of methoxy groups -OCH3 is 1. The van der Waals surface area contributed by atoms with Gasteiger partial charge >= 0.3 is 0 Å². The predicted octanol–water partition coefficient (Wildman–Crippen LogP) is -0.345. The number of aliphatic hydroxyl groups excluding tert-OH is 1. The van der Waals surface area contributed by atoms with Crippen LogP contribution < -0.4 is 0 Å². The van der Waals surface area contributed by atoms with Crippen LogP contribution in [0.4, 0.5) is 0 Å². The van der Waals surface area contributed by atoms with Crippen molar-refractivity contribution in [2.45, 2.75) is 4.90 Å². The molecule has 0 saturated carbocycles. The third-order valence-corrected chi connectivity index (χ3v) is 4.22. The number of aliphatic hydroxyl groups is 1. The second-order valence-corrected chi connectivity index (χ2v) is 5.57. The summed E-state index contributed by atoms with van der Waals surface area (Å²) in [6.07, 6.45) is 3.20. The Bertz CT molecular complexity index is 441. The van der Waals surface area contributed by atoms with Crippen molar-refractivity contribution in [3.05, 3.63) is 18.5 Å². The first-order valence-electron chi connectivity index (χ1n) is 5.24. The van der Waals surface area contributed by atoms with Crippen molar-refractivity contribution in [2.75, 3.05) is 33.4 Å². The van der Waals surface area contributed by atoms with E-state index in [2.05, 4.69) is 0 Å². The Labute approximate surface area is 101 Å². The average molecular weight is 262 g/mol. The Morgan fingerprint density at radius 2 is 2.18 bits per heavy atom. The molecule has 0 unspecified atom stereocenters. The zero-order valence-electron chi connectivity index (χ0n) is 10.0. The second-order valence-electron chi connectivity index (χ2n) is 3.63. The van der Waals surface area contributed by atoms with Crippen LogP contribution in [0.2, 0.25) is 0 Å². The molecule has 1 rings (SSSR count). The summed E-state index contributed by atoms with van der Waals surface area (Å²) in [6.45, 7) is 0.386. The maximum absolute atomic E-state index is 12.2. The van der Waals surface area contributed by atoms with Gasteiger partial charge in [0, 0.05) is 39.6 Å². The fraction of sp³-hybridized carbons (Fsp3) is 0.600. The van der Waals surface area contributed by atoms with E-state index in [9.17, 15) is 8.42 Å². The van der Waals surface area contributed by atoms with Crippen LogP contribution in [0, 0.1) is 0 Å². The Kier molecular flexibility index (Phi) is 5.13. The second kappa shape index (κ2) is 6.15. The van der Waals surface area contributed by atoms with E-state index < -0.39 is 10.0 Å². The molecule has 0 fully saturated rings. The normalized spacial score (nSPS) is 12.2. The first-order chi connectivity index (χ1) is 8.02. The molecule has 0 atom stereocenters. The molecule has 0 bridgehead atoms. The van der Waals surface area contributed by atoms with Gasteiger partial charge in [0.25, 0.3) is 0 Å². The lowest BCUT2D eigenvalue weighted by atomic mass is 10.6. The van der Waals surface area contributed by atoms with Crippen LogP contribution in [-0.2, 0) is 21.8 Å². The van der Waals surface area contributed by atoms with Crippen molar-refractivity contribution in [3.8, 4) is 0 Å². The summed E-state index contributed by atoms with van der Waals surface area (Å²) in [4.78, 5) is 0.226. The number of ether oxygens (including phenoxy) is 1. The lowest BCUT2D eigenvalue weighted by Crippen LogP contribution is -2.36. The third kappa shape index (κ3) is 3.53. The molecule has 98 valence electrons. The van der Waals surface area contributed by atoms with Crippen molar-refractivity contribution >= 4 is 10.0 Å². The number of nitrogens with zero attached hydrogens (tertiary/aromatic N) is 2. The zero-order valence-corrected chi connectivity index (χ0v) is 10.9. The molecule has 0 amide bonds. The summed E-state index contributed by atoms with van der Waals surface area (Å²) in [7, 11) is -0.281. The SMILES string of the molecule is COCCN(CCO)S(=O)(=O)c1ccn(C)c1. The monoisotopic (exact) mass is 262 g/mol. The highest BCUT2D eigenvalue weighted by Gasteiger charge is 2.24. The smallest absolute Gasteiger partial charge is 0.244 e. The van der Waals surface area contributed by atoms with E-state index >= 15 is 0 Å². The van der Waals surface area contributed by atoms with E-state index in [0.29, 0.717) is 6.61 Å². The van der Waals surface area contributed by atoms with E-state index in [4.69, 9.17) is 9.84 Å². The minimum atomic E-state index is -3.54. The van der Waals surface area contributed by atoms with Crippen LogP contribution in [0.25, 0.3) is 0 Å². The van der Waals surface area contributed by atoms with Crippen LogP contribution in [0.3, 0.4) is 0 Å². The summed E-state index contributed by atoms with van der Waals surface area (Å²) in [5.74, 6) is 0.